The predicted octanol–water partition coefficient (Wildman–Crippen LogP) is 3.83. The van der Waals surface area contributed by atoms with Gasteiger partial charge >= 0.3 is 5.97 Å². The van der Waals surface area contributed by atoms with Crippen molar-refractivity contribution in [3.8, 4) is 5.75 Å². The van der Waals surface area contributed by atoms with Crippen molar-refractivity contribution in [1.29, 1.82) is 0 Å². The second-order valence-corrected chi connectivity index (χ2v) is 7.56. The molecule has 1 atom stereocenters. The first-order chi connectivity index (χ1) is 14.6. The van der Waals surface area contributed by atoms with Gasteiger partial charge in [-0.25, -0.2) is 4.39 Å². The van der Waals surface area contributed by atoms with Gasteiger partial charge in [-0.1, -0.05) is 11.6 Å². The Kier molecular flexibility index (Phi) is 6.31. The average molecular weight is 447 g/mol. The number of carbonyl (C=O) groups is 3. The summed E-state index contributed by atoms with van der Waals surface area (Å²) in [5.74, 6) is -4.25. The van der Waals surface area contributed by atoms with Crippen LogP contribution < -0.4 is 5.32 Å². The Bertz CT molecular complexity index is 1190. The zero-order valence-corrected chi connectivity index (χ0v) is 17.5. The fourth-order valence-corrected chi connectivity index (χ4v) is 3.68. The van der Waals surface area contributed by atoms with Gasteiger partial charge in [0.1, 0.15) is 0 Å². The SMILES string of the molecule is Cc1c(C(C)C(=O)NCCC(=O)O)c2cc(O)c(F)cc2n1C(=O)c1ccc(Cl)cc1. The van der Waals surface area contributed by atoms with E-state index < -0.39 is 35.3 Å². The number of nitrogens with zero attached hydrogens (tertiary/aromatic N) is 1. The highest BCUT2D eigenvalue weighted by atomic mass is 35.5. The van der Waals surface area contributed by atoms with Crippen molar-refractivity contribution >= 4 is 40.3 Å². The molecule has 1 unspecified atom stereocenters. The van der Waals surface area contributed by atoms with Crippen LogP contribution in [0.3, 0.4) is 0 Å². The first-order valence-electron chi connectivity index (χ1n) is 9.45. The van der Waals surface area contributed by atoms with Crippen LogP contribution >= 0.6 is 11.6 Å². The third kappa shape index (κ3) is 4.39. The molecule has 31 heavy (non-hydrogen) atoms. The molecule has 7 nitrogen and oxygen atoms in total. The molecule has 0 fully saturated rings. The van der Waals surface area contributed by atoms with Gasteiger partial charge in [-0.3, -0.25) is 19.0 Å². The number of carboxylic acids is 1. The average Bonchev–Trinajstić information content (AvgIpc) is 2.98. The first kappa shape index (κ1) is 22.3. The van der Waals surface area contributed by atoms with Crippen LogP contribution in [0, 0.1) is 12.7 Å². The third-order valence-electron chi connectivity index (χ3n) is 5.08. The van der Waals surface area contributed by atoms with E-state index in [0.717, 1.165) is 6.07 Å². The quantitative estimate of drug-likeness (QED) is 0.533. The normalized spacial score (nSPS) is 12.0. The van der Waals surface area contributed by atoms with E-state index in [1.807, 2.05) is 0 Å². The summed E-state index contributed by atoms with van der Waals surface area (Å²) in [6.07, 6.45) is -0.236. The van der Waals surface area contributed by atoms with Gasteiger partial charge in [0.15, 0.2) is 11.6 Å². The Morgan fingerprint density at radius 1 is 1.19 bits per heavy atom. The summed E-state index contributed by atoms with van der Waals surface area (Å²) >= 11 is 5.89. The Balaban J connectivity index is 2.12. The number of benzene rings is 2. The molecule has 3 rings (SSSR count). The number of carboxylic acid groups (broad SMARTS) is 1. The van der Waals surface area contributed by atoms with Gasteiger partial charge in [0, 0.05) is 34.3 Å². The molecule has 1 amide bonds. The van der Waals surface area contributed by atoms with Crippen molar-refractivity contribution in [1.82, 2.24) is 9.88 Å². The lowest BCUT2D eigenvalue weighted by Gasteiger charge is -2.13. The second-order valence-electron chi connectivity index (χ2n) is 7.12. The number of phenols is 1. The van der Waals surface area contributed by atoms with Crippen LogP contribution in [-0.4, -0.2) is 39.1 Å². The summed E-state index contributed by atoms with van der Waals surface area (Å²) in [6, 6.07) is 8.41. The number of phenolic OH excluding ortho intramolecular Hbond substituents is 1. The monoisotopic (exact) mass is 446 g/mol. The number of hydrogen-bond donors (Lipinski definition) is 3. The van der Waals surface area contributed by atoms with Crippen LogP contribution in [0.25, 0.3) is 10.9 Å². The fraction of sp³-hybridized carbons (Fsp3) is 0.227. The Morgan fingerprint density at radius 3 is 2.45 bits per heavy atom. The minimum Gasteiger partial charge on any atom is -0.505 e. The first-order valence-corrected chi connectivity index (χ1v) is 9.82. The molecule has 3 N–H and O–H groups in total. The molecule has 0 radical (unpaired) electrons. The van der Waals surface area contributed by atoms with Gasteiger partial charge in [0.05, 0.1) is 17.9 Å². The molecular formula is C22H20ClFN2O5. The number of aromatic hydroxyl groups is 1. The molecule has 1 heterocycles. The van der Waals surface area contributed by atoms with Gasteiger partial charge in [0.2, 0.25) is 5.91 Å². The molecule has 0 aliphatic rings. The van der Waals surface area contributed by atoms with Crippen LogP contribution in [0.2, 0.25) is 5.02 Å². The van der Waals surface area contributed by atoms with Crippen molar-refractivity contribution in [3.05, 3.63) is 64.1 Å². The van der Waals surface area contributed by atoms with Crippen LogP contribution in [0.5, 0.6) is 5.75 Å². The Morgan fingerprint density at radius 2 is 1.84 bits per heavy atom. The van der Waals surface area contributed by atoms with E-state index in [9.17, 15) is 23.9 Å². The summed E-state index contributed by atoms with van der Waals surface area (Å²) in [6.45, 7) is 3.16. The summed E-state index contributed by atoms with van der Waals surface area (Å²) in [5.41, 5.74) is 1.34. The maximum atomic E-state index is 14.2. The largest absolute Gasteiger partial charge is 0.505 e. The molecule has 0 aliphatic heterocycles. The highest BCUT2D eigenvalue weighted by molar-refractivity contribution is 6.30. The third-order valence-corrected chi connectivity index (χ3v) is 5.33. The predicted molar refractivity (Wildman–Crippen MR) is 113 cm³/mol. The van der Waals surface area contributed by atoms with Gasteiger partial charge in [-0.05, 0) is 49.7 Å². The number of nitrogens with one attached hydrogen (secondary N) is 1. The molecule has 3 aromatic rings. The zero-order chi connectivity index (χ0) is 22.9. The van der Waals surface area contributed by atoms with E-state index >= 15 is 0 Å². The molecule has 0 bridgehead atoms. The summed E-state index contributed by atoms with van der Waals surface area (Å²) in [5, 5.41) is 22.0. The van der Waals surface area contributed by atoms with Crippen molar-refractivity contribution in [2.45, 2.75) is 26.2 Å². The minimum atomic E-state index is -1.05. The minimum absolute atomic E-state index is 0.0558. The molecule has 0 saturated carbocycles. The number of aliphatic carboxylic acids is 1. The molecular weight excluding hydrogens is 427 g/mol. The van der Waals surface area contributed by atoms with Crippen LogP contribution in [0.4, 0.5) is 4.39 Å². The Labute approximate surface area is 182 Å². The number of carbonyl (C=O) groups excluding carboxylic acids is 2. The van der Waals surface area contributed by atoms with Gasteiger partial charge < -0.3 is 15.5 Å². The van der Waals surface area contributed by atoms with E-state index in [1.54, 1.807) is 26.0 Å². The smallest absolute Gasteiger partial charge is 0.305 e. The lowest BCUT2D eigenvalue weighted by atomic mass is 9.96. The summed E-state index contributed by atoms with van der Waals surface area (Å²) in [4.78, 5) is 36.5. The number of rotatable bonds is 6. The fourth-order valence-electron chi connectivity index (χ4n) is 3.55. The molecule has 0 aliphatic carbocycles. The highest BCUT2D eigenvalue weighted by Gasteiger charge is 2.27. The van der Waals surface area contributed by atoms with Crippen molar-refractivity contribution in [2.75, 3.05) is 6.54 Å². The van der Waals surface area contributed by atoms with Crippen molar-refractivity contribution < 1.29 is 29.0 Å². The maximum absolute atomic E-state index is 14.2. The van der Waals surface area contributed by atoms with E-state index in [2.05, 4.69) is 5.32 Å². The number of amides is 1. The molecule has 0 spiro atoms. The van der Waals surface area contributed by atoms with Crippen LogP contribution in [0.15, 0.2) is 36.4 Å². The van der Waals surface area contributed by atoms with E-state index in [4.69, 9.17) is 16.7 Å². The lowest BCUT2D eigenvalue weighted by molar-refractivity contribution is -0.136. The van der Waals surface area contributed by atoms with E-state index in [0.29, 0.717) is 27.2 Å². The summed E-state index contributed by atoms with van der Waals surface area (Å²) < 4.78 is 15.5. The molecule has 1 aromatic heterocycles. The van der Waals surface area contributed by atoms with Crippen LogP contribution in [-0.2, 0) is 9.59 Å². The lowest BCUT2D eigenvalue weighted by Crippen LogP contribution is -2.30. The summed E-state index contributed by atoms with van der Waals surface area (Å²) in [7, 11) is 0. The maximum Gasteiger partial charge on any atom is 0.305 e. The molecule has 9 heteroatoms. The number of aromatic nitrogens is 1. The molecule has 0 saturated heterocycles. The molecule has 2 aromatic carbocycles. The van der Waals surface area contributed by atoms with Gasteiger partial charge in [-0.2, -0.15) is 0 Å². The van der Waals surface area contributed by atoms with Gasteiger partial charge in [-0.15, -0.1) is 0 Å². The number of fused-ring (bicyclic) bond motifs is 1. The second kappa shape index (κ2) is 8.77. The number of halogens is 2. The van der Waals surface area contributed by atoms with Crippen molar-refractivity contribution in [2.24, 2.45) is 0 Å². The standard InChI is InChI=1S/C22H20ClFN2O5/c1-11(21(30)25-8-7-19(28)29)20-12(2)26(17-10-16(24)18(27)9-15(17)20)22(31)13-3-5-14(23)6-4-13/h3-6,9-11,27H,7-8H2,1-2H3,(H,25,30)(H,28,29). The van der Waals surface area contributed by atoms with Gasteiger partial charge in [0.25, 0.3) is 5.91 Å². The zero-order valence-electron chi connectivity index (χ0n) is 16.8. The topological polar surface area (TPSA) is 109 Å². The number of hydrogen-bond acceptors (Lipinski definition) is 4. The van der Waals surface area contributed by atoms with Crippen LogP contribution in [0.1, 0.15) is 40.9 Å². The Hall–Kier alpha value is -3.39. The highest BCUT2D eigenvalue weighted by Crippen LogP contribution is 2.36. The van der Waals surface area contributed by atoms with E-state index in [1.165, 1.54) is 22.8 Å². The molecule has 162 valence electrons. The van der Waals surface area contributed by atoms with E-state index in [-0.39, 0.29) is 18.5 Å². The van der Waals surface area contributed by atoms with Crippen molar-refractivity contribution in [3.63, 3.8) is 0 Å².